The van der Waals surface area contributed by atoms with Gasteiger partial charge in [-0.15, -0.1) is 0 Å². The molecule has 10 heteroatoms. The first-order chi connectivity index (χ1) is 13.8. The largest absolute Gasteiger partial charge is 0.309 e. The average Bonchev–Trinajstić information content (AvgIpc) is 3.38. The summed E-state index contributed by atoms with van der Waals surface area (Å²) in [4.78, 5) is 24.0. The fraction of sp³-hybridized carbons (Fsp3) is 0.368. The minimum Gasteiger partial charge on any atom is -0.309 e. The summed E-state index contributed by atoms with van der Waals surface area (Å²) in [5, 5.41) is 8.26. The Hall–Kier alpha value is -2.61. The SMILES string of the molecule is BC(B)(B)n1cc(-c2ccc3cnc(NC(=O)[C@H](C)N4CCCC4)cc3n2)cn1. The molecule has 4 rings (SSSR count). The van der Waals surface area contributed by atoms with E-state index in [1.807, 2.05) is 42.2 Å². The van der Waals surface area contributed by atoms with Crippen molar-refractivity contribution in [2.24, 2.45) is 0 Å². The highest BCUT2D eigenvalue weighted by Gasteiger charge is 2.24. The summed E-state index contributed by atoms with van der Waals surface area (Å²) in [5.41, 5.74) is 2.61. The summed E-state index contributed by atoms with van der Waals surface area (Å²) in [6.07, 6.45) is 7.91. The van der Waals surface area contributed by atoms with Crippen LogP contribution in [0.5, 0.6) is 0 Å². The third-order valence-corrected chi connectivity index (χ3v) is 5.46. The molecular formula is C19H25B3N6O. The van der Waals surface area contributed by atoms with E-state index in [9.17, 15) is 4.79 Å². The lowest BCUT2D eigenvalue weighted by Crippen LogP contribution is -2.40. The first-order valence-electron chi connectivity index (χ1n) is 10.2. The number of carbonyl (C=O) groups excluding carboxylic acids is 1. The van der Waals surface area contributed by atoms with E-state index >= 15 is 0 Å². The number of hydrogen-bond acceptors (Lipinski definition) is 5. The van der Waals surface area contributed by atoms with E-state index in [0.29, 0.717) is 5.82 Å². The molecule has 7 nitrogen and oxygen atoms in total. The van der Waals surface area contributed by atoms with Crippen molar-refractivity contribution in [1.82, 2.24) is 24.6 Å². The van der Waals surface area contributed by atoms with Crippen LogP contribution in [0.15, 0.2) is 36.8 Å². The van der Waals surface area contributed by atoms with E-state index < -0.39 is 0 Å². The van der Waals surface area contributed by atoms with E-state index in [4.69, 9.17) is 4.98 Å². The lowest BCUT2D eigenvalue weighted by molar-refractivity contribution is -0.120. The van der Waals surface area contributed by atoms with Gasteiger partial charge in [0, 0.05) is 29.4 Å². The van der Waals surface area contributed by atoms with Crippen LogP contribution < -0.4 is 5.32 Å². The van der Waals surface area contributed by atoms with Crippen molar-refractivity contribution in [3.8, 4) is 11.3 Å². The number of likely N-dealkylation sites (tertiary alicyclic amines) is 1. The third kappa shape index (κ3) is 4.22. The van der Waals surface area contributed by atoms with Gasteiger partial charge in [0.1, 0.15) is 29.4 Å². The van der Waals surface area contributed by atoms with Crippen molar-refractivity contribution in [2.75, 3.05) is 18.4 Å². The highest BCUT2D eigenvalue weighted by atomic mass is 16.2. The molecule has 3 aromatic rings. The number of aromatic nitrogens is 4. The van der Waals surface area contributed by atoms with Crippen LogP contribution in [0.3, 0.4) is 0 Å². The first kappa shape index (κ1) is 19.7. The molecule has 4 heterocycles. The molecule has 1 aliphatic heterocycles. The maximum Gasteiger partial charge on any atom is 0.242 e. The number of rotatable bonds is 5. The molecule has 1 aliphatic rings. The van der Waals surface area contributed by atoms with Gasteiger partial charge in [0.15, 0.2) is 0 Å². The van der Waals surface area contributed by atoms with Crippen molar-refractivity contribution in [1.29, 1.82) is 0 Å². The van der Waals surface area contributed by atoms with Crippen molar-refractivity contribution < 1.29 is 4.79 Å². The van der Waals surface area contributed by atoms with Gasteiger partial charge < -0.3 is 5.32 Å². The standard InChI is InChI=1S/C19H25B3N6O/c1-12(27-6-2-3-7-27)18(29)26-17-8-16-13(9-23-17)4-5-15(25-16)14-10-24-28(11-14)19(20,21)22/h4-5,8-12H,2-3,6-7,20-22H2,1H3,(H,23,26,29)/t12-/m0/s1. The number of hydrogen-bond donors (Lipinski definition) is 1. The molecule has 1 atom stereocenters. The highest BCUT2D eigenvalue weighted by Crippen LogP contribution is 2.23. The molecule has 0 aromatic carbocycles. The Morgan fingerprint density at radius 1 is 1.21 bits per heavy atom. The van der Waals surface area contributed by atoms with Crippen LogP contribution in [0.1, 0.15) is 19.8 Å². The fourth-order valence-electron chi connectivity index (χ4n) is 3.59. The normalized spacial score (nSPS) is 16.2. The van der Waals surface area contributed by atoms with Gasteiger partial charge in [0.25, 0.3) is 0 Å². The predicted octanol–water partition coefficient (Wildman–Crippen LogP) is -0.617. The Labute approximate surface area is 173 Å². The molecule has 1 fully saturated rings. The molecule has 0 unspecified atom stereocenters. The maximum atomic E-state index is 12.6. The second-order valence-electron chi connectivity index (χ2n) is 8.71. The minimum absolute atomic E-state index is 0.0265. The average molecular weight is 386 g/mol. The Balaban J connectivity index is 1.56. The van der Waals surface area contributed by atoms with Gasteiger partial charge in [-0.1, -0.05) is 0 Å². The molecule has 1 N–H and O–H groups in total. The van der Waals surface area contributed by atoms with Gasteiger partial charge in [-0.25, -0.2) is 9.97 Å². The Bertz CT molecular complexity index is 1040. The summed E-state index contributed by atoms with van der Waals surface area (Å²) in [6, 6.07) is 5.65. The zero-order valence-corrected chi connectivity index (χ0v) is 17.5. The van der Waals surface area contributed by atoms with Crippen LogP contribution in [0.2, 0.25) is 0 Å². The lowest BCUT2D eigenvalue weighted by Gasteiger charge is -2.22. The van der Waals surface area contributed by atoms with Gasteiger partial charge in [0.05, 0.1) is 23.4 Å². The van der Waals surface area contributed by atoms with Crippen molar-refractivity contribution in [3.05, 3.63) is 36.8 Å². The molecule has 3 aromatic heterocycles. The van der Waals surface area contributed by atoms with E-state index in [1.54, 1.807) is 6.20 Å². The topological polar surface area (TPSA) is 75.9 Å². The maximum absolute atomic E-state index is 12.6. The number of amides is 1. The summed E-state index contributed by atoms with van der Waals surface area (Å²) in [6.45, 7) is 3.91. The number of anilines is 1. The highest BCUT2D eigenvalue weighted by molar-refractivity contribution is 6.56. The summed E-state index contributed by atoms with van der Waals surface area (Å²) < 4.78 is 1.94. The van der Waals surface area contributed by atoms with Gasteiger partial charge in [0.2, 0.25) is 5.91 Å². The van der Waals surface area contributed by atoms with Gasteiger partial charge >= 0.3 is 0 Å². The lowest BCUT2D eigenvalue weighted by atomic mass is 9.49. The smallest absolute Gasteiger partial charge is 0.242 e. The summed E-state index contributed by atoms with van der Waals surface area (Å²) >= 11 is 0. The van der Waals surface area contributed by atoms with Gasteiger partial charge in [-0.2, -0.15) is 5.10 Å². The number of nitrogens with zero attached hydrogens (tertiary/aromatic N) is 5. The fourth-order valence-corrected chi connectivity index (χ4v) is 3.59. The van der Waals surface area contributed by atoms with Crippen molar-refractivity contribution in [3.63, 3.8) is 0 Å². The summed E-state index contributed by atoms with van der Waals surface area (Å²) in [7, 11) is 6.34. The molecule has 0 aliphatic carbocycles. The van der Waals surface area contributed by atoms with E-state index in [0.717, 1.165) is 48.1 Å². The Kier molecular flexibility index (Phi) is 5.21. The van der Waals surface area contributed by atoms with Crippen LogP contribution in [0.4, 0.5) is 5.82 Å². The molecule has 29 heavy (non-hydrogen) atoms. The van der Waals surface area contributed by atoms with Crippen LogP contribution >= 0.6 is 0 Å². The predicted molar refractivity (Wildman–Crippen MR) is 123 cm³/mol. The number of nitrogens with one attached hydrogen (secondary N) is 1. The number of fused-ring (bicyclic) bond motifs is 1. The van der Waals surface area contributed by atoms with E-state index in [1.165, 1.54) is 0 Å². The molecular weight excluding hydrogens is 361 g/mol. The number of carbonyl (C=O) groups is 1. The molecule has 1 saturated heterocycles. The molecule has 1 amide bonds. The minimum atomic E-state index is -0.155. The molecule has 0 bridgehead atoms. The van der Waals surface area contributed by atoms with Crippen LogP contribution in [-0.4, -0.2) is 73.2 Å². The van der Waals surface area contributed by atoms with Gasteiger partial charge in [-0.3, -0.25) is 14.4 Å². The molecule has 146 valence electrons. The van der Waals surface area contributed by atoms with Crippen LogP contribution in [0, 0.1) is 0 Å². The Morgan fingerprint density at radius 2 is 1.97 bits per heavy atom. The second-order valence-corrected chi connectivity index (χ2v) is 8.71. The van der Waals surface area contributed by atoms with Crippen molar-refractivity contribution in [2.45, 2.75) is 31.0 Å². The zero-order valence-electron chi connectivity index (χ0n) is 17.5. The summed E-state index contributed by atoms with van der Waals surface area (Å²) in [5.74, 6) is 0.505. The van der Waals surface area contributed by atoms with Gasteiger partial charge in [-0.05, 0) is 50.2 Å². The first-order valence-corrected chi connectivity index (χ1v) is 10.2. The second kappa shape index (κ2) is 7.67. The molecule has 0 radical (unpaired) electrons. The molecule has 0 spiro atoms. The quantitative estimate of drug-likeness (QED) is 0.593. The molecule has 0 saturated carbocycles. The monoisotopic (exact) mass is 386 g/mol. The van der Waals surface area contributed by atoms with Crippen LogP contribution in [-0.2, 0) is 10.0 Å². The van der Waals surface area contributed by atoms with Crippen LogP contribution in [0.25, 0.3) is 22.2 Å². The number of pyridine rings is 2. The van der Waals surface area contributed by atoms with E-state index in [2.05, 4.69) is 43.8 Å². The zero-order chi connectivity index (χ0) is 20.6. The Morgan fingerprint density at radius 3 is 2.66 bits per heavy atom. The third-order valence-electron chi connectivity index (χ3n) is 5.46. The van der Waals surface area contributed by atoms with E-state index in [-0.39, 0.29) is 17.2 Å². The van der Waals surface area contributed by atoms with Crippen molar-refractivity contribution >= 4 is 46.2 Å².